The van der Waals surface area contributed by atoms with Crippen molar-refractivity contribution in [2.75, 3.05) is 13.2 Å². The second kappa shape index (κ2) is 10.4. The van der Waals surface area contributed by atoms with Gasteiger partial charge in [-0.25, -0.2) is 0 Å². The van der Waals surface area contributed by atoms with Gasteiger partial charge in [-0.05, 0) is 67.8 Å². The average molecular weight is 402 g/mol. The number of para-hydroxylation sites is 1. The highest BCUT2D eigenvalue weighted by atomic mass is 16.5. The molecule has 154 valence electrons. The Labute approximate surface area is 177 Å². The van der Waals surface area contributed by atoms with Gasteiger partial charge in [0, 0.05) is 24.4 Å². The number of nitrogens with zero attached hydrogens (tertiary/aromatic N) is 1. The molecule has 0 aliphatic heterocycles. The Morgan fingerprint density at radius 2 is 1.73 bits per heavy atom. The lowest BCUT2D eigenvalue weighted by atomic mass is 10.1. The standard InChI is InChI=1S/C25H26N2O3/c1-18-12-13-21(25(29)26-14-7-15-28)17-24(18)27-19(2)20-8-6-11-23(16-20)30-22-9-4-3-5-10-22/h3-6,8-13,16-17,28H,7,14-15H2,1-2H3,(H,26,29). The summed E-state index contributed by atoms with van der Waals surface area (Å²) in [5.74, 6) is 1.35. The van der Waals surface area contributed by atoms with Crippen molar-refractivity contribution in [3.05, 3.63) is 89.5 Å². The third-order valence-electron chi connectivity index (χ3n) is 4.61. The number of aryl methyl sites for hydroxylation is 1. The third kappa shape index (κ3) is 5.78. The summed E-state index contributed by atoms with van der Waals surface area (Å²) in [6, 6.07) is 22.9. The Bertz CT molecular complexity index is 1030. The zero-order valence-electron chi connectivity index (χ0n) is 17.3. The summed E-state index contributed by atoms with van der Waals surface area (Å²) < 4.78 is 5.91. The lowest BCUT2D eigenvalue weighted by Gasteiger charge is -2.09. The SMILES string of the molecule is CC(=Nc1cc(C(=O)NCCCO)ccc1C)c1cccc(Oc2ccccc2)c1. The summed E-state index contributed by atoms with van der Waals surface area (Å²) in [5.41, 5.74) is 4.05. The van der Waals surface area contributed by atoms with E-state index in [0.29, 0.717) is 18.5 Å². The van der Waals surface area contributed by atoms with Crippen LogP contribution in [-0.2, 0) is 0 Å². The highest BCUT2D eigenvalue weighted by molar-refractivity contribution is 6.01. The van der Waals surface area contributed by atoms with Crippen LogP contribution in [0.4, 0.5) is 5.69 Å². The normalized spacial score (nSPS) is 11.2. The highest BCUT2D eigenvalue weighted by Crippen LogP contribution is 2.25. The van der Waals surface area contributed by atoms with Gasteiger partial charge in [0.2, 0.25) is 0 Å². The molecule has 3 aromatic carbocycles. The van der Waals surface area contributed by atoms with Crippen LogP contribution in [0.25, 0.3) is 0 Å². The smallest absolute Gasteiger partial charge is 0.251 e. The summed E-state index contributed by atoms with van der Waals surface area (Å²) in [6.45, 7) is 4.40. The Morgan fingerprint density at radius 3 is 2.50 bits per heavy atom. The van der Waals surface area contributed by atoms with Crippen molar-refractivity contribution in [3.63, 3.8) is 0 Å². The van der Waals surface area contributed by atoms with E-state index in [1.54, 1.807) is 12.1 Å². The summed E-state index contributed by atoms with van der Waals surface area (Å²) in [4.78, 5) is 17.1. The molecule has 30 heavy (non-hydrogen) atoms. The number of hydrogen-bond acceptors (Lipinski definition) is 4. The van der Waals surface area contributed by atoms with Gasteiger partial charge in [-0.2, -0.15) is 0 Å². The molecule has 2 N–H and O–H groups in total. The minimum atomic E-state index is -0.171. The van der Waals surface area contributed by atoms with E-state index in [4.69, 9.17) is 14.8 Å². The van der Waals surface area contributed by atoms with Crippen molar-refractivity contribution in [3.8, 4) is 11.5 Å². The second-order valence-electron chi connectivity index (χ2n) is 6.97. The molecule has 0 fully saturated rings. The molecule has 0 saturated carbocycles. The van der Waals surface area contributed by atoms with Gasteiger partial charge in [0.15, 0.2) is 0 Å². The van der Waals surface area contributed by atoms with E-state index < -0.39 is 0 Å². The molecule has 1 amide bonds. The number of carbonyl (C=O) groups is 1. The molecular weight excluding hydrogens is 376 g/mol. The molecule has 0 heterocycles. The van der Waals surface area contributed by atoms with Gasteiger partial charge < -0.3 is 15.2 Å². The Balaban J connectivity index is 1.80. The number of aliphatic imine (C=N–C) groups is 1. The number of rotatable bonds is 8. The van der Waals surface area contributed by atoms with E-state index in [1.807, 2.05) is 74.5 Å². The molecule has 0 aromatic heterocycles. The molecule has 0 radical (unpaired) electrons. The zero-order chi connectivity index (χ0) is 21.3. The number of amides is 1. The van der Waals surface area contributed by atoms with Gasteiger partial charge in [0.1, 0.15) is 11.5 Å². The molecule has 0 aliphatic rings. The molecule has 0 spiro atoms. The fourth-order valence-corrected chi connectivity index (χ4v) is 2.91. The third-order valence-corrected chi connectivity index (χ3v) is 4.61. The summed E-state index contributed by atoms with van der Waals surface area (Å²) in [5, 5.41) is 11.7. The maximum atomic E-state index is 12.3. The molecule has 0 atom stereocenters. The van der Waals surface area contributed by atoms with Gasteiger partial charge in [-0.3, -0.25) is 9.79 Å². The first-order valence-corrected chi connectivity index (χ1v) is 9.95. The first-order chi connectivity index (χ1) is 14.6. The van der Waals surface area contributed by atoms with E-state index >= 15 is 0 Å². The van der Waals surface area contributed by atoms with E-state index in [2.05, 4.69) is 5.32 Å². The highest BCUT2D eigenvalue weighted by Gasteiger charge is 2.09. The Hall–Kier alpha value is -3.44. The summed E-state index contributed by atoms with van der Waals surface area (Å²) >= 11 is 0. The topological polar surface area (TPSA) is 70.9 Å². The number of benzene rings is 3. The van der Waals surface area contributed by atoms with Crippen LogP contribution in [0.2, 0.25) is 0 Å². The quantitative estimate of drug-likeness (QED) is 0.410. The summed E-state index contributed by atoms with van der Waals surface area (Å²) in [7, 11) is 0. The van der Waals surface area contributed by atoms with Crippen molar-refractivity contribution in [1.29, 1.82) is 0 Å². The van der Waals surface area contributed by atoms with Crippen molar-refractivity contribution < 1.29 is 14.6 Å². The number of hydrogen-bond donors (Lipinski definition) is 2. The fourth-order valence-electron chi connectivity index (χ4n) is 2.91. The van der Waals surface area contributed by atoms with Gasteiger partial charge in [-0.1, -0.05) is 36.4 Å². The summed E-state index contributed by atoms with van der Waals surface area (Å²) in [6.07, 6.45) is 0.531. The van der Waals surface area contributed by atoms with E-state index in [-0.39, 0.29) is 12.5 Å². The predicted molar refractivity (Wildman–Crippen MR) is 120 cm³/mol. The Kier molecular flexibility index (Phi) is 7.35. The van der Waals surface area contributed by atoms with E-state index in [9.17, 15) is 4.79 Å². The molecule has 3 rings (SSSR count). The molecular formula is C25H26N2O3. The van der Waals surface area contributed by atoms with Gasteiger partial charge >= 0.3 is 0 Å². The average Bonchev–Trinajstić information content (AvgIpc) is 2.76. The number of ether oxygens (including phenoxy) is 1. The molecule has 5 heteroatoms. The van der Waals surface area contributed by atoms with Crippen LogP contribution in [0.1, 0.15) is 34.8 Å². The van der Waals surface area contributed by atoms with Gasteiger partial charge in [0.05, 0.1) is 5.69 Å². The Morgan fingerprint density at radius 1 is 0.967 bits per heavy atom. The molecule has 0 saturated heterocycles. The first-order valence-electron chi connectivity index (χ1n) is 9.95. The van der Waals surface area contributed by atoms with Gasteiger partial charge in [-0.15, -0.1) is 0 Å². The zero-order valence-corrected chi connectivity index (χ0v) is 17.3. The van der Waals surface area contributed by atoms with E-state index in [1.165, 1.54) is 0 Å². The van der Waals surface area contributed by atoms with Crippen LogP contribution in [0.3, 0.4) is 0 Å². The van der Waals surface area contributed by atoms with Crippen LogP contribution < -0.4 is 10.1 Å². The maximum absolute atomic E-state index is 12.3. The van der Waals surface area contributed by atoms with Crippen molar-refractivity contribution in [2.24, 2.45) is 4.99 Å². The molecule has 3 aromatic rings. The van der Waals surface area contributed by atoms with Gasteiger partial charge in [0.25, 0.3) is 5.91 Å². The fraction of sp³-hybridized carbons (Fsp3) is 0.200. The van der Waals surface area contributed by atoms with Crippen LogP contribution in [0.15, 0.2) is 77.8 Å². The van der Waals surface area contributed by atoms with E-state index in [0.717, 1.165) is 34.0 Å². The van der Waals surface area contributed by atoms with Crippen molar-refractivity contribution in [1.82, 2.24) is 5.32 Å². The van der Waals surface area contributed by atoms with Crippen molar-refractivity contribution >= 4 is 17.3 Å². The minimum Gasteiger partial charge on any atom is -0.457 e. The van der Waals surface area contributed by atoms with Crippen molar-refractivity contribution in [2.45, 2.75) is 20.3 Å². The molecule has 0 aliphatic carbocycles. The van der Waals surface area contributed by atoms with Crippen LogP contribution >= 0.6 is 0 Å². The lowest BCUT2D eigenvalue weighted by Crippen LogP contribution is -2.24. The number of carbonyl (C=O) groups excluding carboxylic acids is 1. The maximum Gasteiger partial charge on any atom is 0.251 e. The molecule has 0 unspecified atom stereocenters. The number of nitrogens with one attached hydrogen (secondary N) is 1. The second-order valence-corrected chi connectivity index (χ2v) is 6.97. The largest absolute Gasteiger partial charge is 0.457 e. The lowest BCUT2D eigenvalue weighted by molar-refractivity contribution is 0.0951. The number of aliphatic hydroxyl groups excluding tert-OH is 1. The first kappa shape index (κ1) is 21.3. The van der Waals surface area contributed by atoms with Crippen LogP contribution in [0, 0.1) is 6.92 Å². The monoisotopic (exact) mass is 402 g/mol. The molecule has 5 nitrogen and oxygen atoms in total. The predicted octanol–water partition coefficient (Wildman–Crippen LogP) is 5.04. The van der Waals surface area contributed by atoms with Crippen LogP contribution in [0.5, 0.6) is 11.5 Å². The molecule has 0 bridgehead atoms. The van der Waals surface area contributed by atoms with Crippen LogP contribution in [-0.4, -0.2) is 29.9 Å². The number of aliphatic hydroxyl groups is 1. The minimum absolute atomic E-state index is 0.0516.